The molecule has 8 rings (SSSR count). The third-order valence-electron chi connectivity index (χ3n) is 19.1. The van der Waals surface area contributed by atoms with Crippen molar-refractivity contribution in [3.8, 4) is 0 Å². The zero-order chi connectivity index (χ0) is 46.9. The van der Waals surface area contributed by atoms with Crippen molar-refractivity contribution in [2.75, 3.05) is 13.2 Å². The molecule has 0 radical (unpaired) electrons. The van der Waals surface area contributed by atoms with Gasteiger partial charge >= 0.3 is 5.97 Å². The fourth-order valence-corrected chi connectivity index (χ4v) is 14.8. The predicted molar refractivity (Wildman–Crippen MR) is 225 cm³/mol. The van der Waals surface area contributed by atoms with Crippen molar-refractivity contribution in [1.29, 1.82) is 0 Å². The van der Waals surface area contributed by atoms with Crippen LogP contribution in [0.1, 0.15) is 113 Å². The van der Waals surface area contributed by atoms with Crippen LogP contribution in [-0.2, 0) is 33.2 Å². The molecule has 0 aromatic carbocycles. The number of rotatable bonds is 8. The Kier molecular flexibility index (Phi) is 13.0. The number of carbonyl (C=O) groups is 1. The van der Waals surface area contributed by atoms with E-state index in [-0.39, 0.29) is 51.6 Å². The zero-order valence-corrected chi connectivity index (χ0v) is 38.7. The van der Waals surface area contributed by atoms with E-state index in [4.69, 9.17) is 28.4 Å². The van der Waals surface area contributed by atoms with Crippen LogP contribution in [0.5, 0.6) is 0 Å². The van der Waals surface area contributed by atoms with Gasteiger partial charge in [-0.05, 0) is 104 Å². The highest BCUT2D eigenvalue weighted by molar-refractivity contribution is 5.73. The van der Waals surface area contributed by atoms with Crippen LogP contribution in [0.15, 0.2) is 11.6 Å². The Morgan fingerprint density at radius 3 is 2.05 bits per heavy atom. The van der Waals surface area contributed by atoms with Gasteiger partial charge in [0.15, 0.2) is 25.0 Å². The standard InChI is InChI=1S/C47H76O17/c1-21-29(51)31(53)34(56)39(60-21)63-36-30(52)24(49)19-59-40(36)64-37-33(55)32(54)35(38(57)58)62-41(37)61-28-12-13-44(5)25(45(28,6)20-48)11-14-47(8)26(44)10-9-22-23-17-42(2,3)18-27(50)43(23,4)15-16-46(22,47)7/h9,21,23-37,39-41,48-56H,10-20H2,1-8H3,(H,57,58)/t21-,23+,24+,25-,26+,27+,28+,29-,30-,31+,32-,33-,34+,35-,36+,37+,39-,40-,41+,43+,44-,45+,46+,47+/m0/s1. The Labute approximate surface area is 376 Å². The Hall–Kier alpha value is -1.39. The van der Waals surface area contributed by atoms with Crippen LogP contribution in [-0.4, -0.2) is 168 Å². The van der Waals surface area contributed by atoms with Crippen molar-refractivity contribution in [2.45, 2.75) is 211 Å². The van der Waals surface area contributed by atoms with E-state index in [0.29, 0.717) is 18.8 Å². The highest BCUT2D eigenvalue weighted by Crippen LogP contribution is 2.76. The Morgan fingerprint density at radius 1 is 0.703 bits per heavy atom. The van der Waals surface area contributed by atoms with Gasteiger partial charge in [0.05, 0.1) is 31.5 Å². The summed E-state index contributed by atoms with van der Waals surface area (Å²) in [4.78, 5) is 12.4. The zero-order valence-electron chi connectivity index (χ0n) is 38.7. The topological polar surface area (TPSA) is 275 Å². The maximum Gasteiger partial charge on any atom is 0.335 e. The summed E-state index contributed by atoms with van der Waals surface area (Å²) in [6, 6.07) is 0. The summed E-state index contributed by atoms with van der Waals surface area (Å²) in [5.41, 5.74) is 0.0929. The molecule has 0 spiro atoms. The molecule has 0 bridgehead atoms. The molecule has 0 amide bonds. The number of carboxylic acid groups (broad SMARTS) is 1. The van der Waals surface area contributed by atoms with Crippen molar-refractivity contribution in [3.63, 3.8) is 0 Å². The van der Waals surface area contributed by atoms with Gasteiger partial charge in [-0.15, -0.1) is 0 Å². The summed E-state index contributed by atoms with van der Waals surface area (Å²) in [5.74, 6) is -1.05. The van der Waals surface area contributed by atoms with E-state index in [9.17, 15) is 55.9 Å². The second-order valence-electron chi connectivity index (χ2n) is 23.2. The van der Waals surface area contributed by atoms with Gasteiger partial charge in [-0.1, -0.05) is 60.1 Å². The Balaban J connectivity index is 1.06. The van der Waals surface area contributed by atoms with Crippen LogP contribution in [0.25, 0.3) is 0 Å². The van der Waals surface area contributed by atoms with Crippen LogP contribution in [0.4, 0.5) is 0 Å². The van der Waals surface area contributed by atoms with Gasteiger partial charge in [-0.25, -0.2) is 4.79 Å². The minimum Gasteiger partial charge on any atom is -0.479 e. The molecule has 10 N–H and O–H groups in total. The first-order valence-electron chi connectivity index (χ1n) is 23.7. The normalized spacial score (nSPS) is 56.1. The fourth-order valence-electron chi connectivity index (χ4n) is 14.8. The van der Waals surface area contributed by atoms with Gasteiger partial charge in [0, 0.05) is 10.8 Å². The molecule has 3 heterocycles. The average Bonchev–Trinajstić information content (AvgIpc) is 3.22. The lowest BCUT2D eigenvalue weighted by atomic mass is 9.33. The molecule has 17 nitrogen and oxygen atoms in total. The van der Waals surface area contributed by atoms with Gasteiger partial charge in [-0.2, -0.15) is 0 Å². The van der Waals surface area contributed by atoms with E-state index in [1.807, 2.05) is 6.92 Å². The maximum absolute atomic E-state index is 12.4. The number of aliphatic hydroxyl groups is 9. The third kappa shape index (κ3) is 7.49. The van der Waals surface area contributed by atoms with Gasteiger partial charge < -0.3 is 79.5 Å². The van der Waals surface area contributed by atoms with E-state index >= 15 is 0 Å². The molecule has 4 saturated carbocycles. The van der Waals surface area contributed by atoms with E-state index < -0.39 is 110 Å². The summed E-state index contributed by atoms with van der Waals surface area (Å²) < 4.78 is 36.1. The first-order chi connectivity index (χ1) is 29.8. The molecule has 3 aliphatic heterocycles. The van der Waals surface area contributed by atoms with Crippen molar-refractivity contribution in [1.82, 2.24) is 0 Å². The van der Waals surface area contributed by atoms with Crippen LogP contribution in [0.2, 0.25) is 0 Å². The molecule has 24 atom stereocenters. The van der Waals surface area contributed by atoms with Crippen LogP contribution < -0.4 is 0 Å². The van der Waals surface area contributed by atoms with Crippen molar-refractivity contribution >= 4 is 5.97 Å². The SMILES string of the molecule is C[C@@H]1O[C@@H](O[C@H]2[C@H](O[C@H]3[C@H](O[C@@H]4CC[C@@]5(C)[C@H](CC[C@]6(C)[C@@H]5CC=C5[C@H]7CC(C)(C)C[C@@H](O)[C@]7(C)CC[C@]56C)[C@@]4(C)CO)O[C@H](C(=O)O)[C@@H](O)[C@@H]3O)OC[C@@H](O)[C@@H]2O)[C@H](O)[C@H](O)[C@H]1O. The quantitative estimate of drug-likeness (QED) is 0.122. The van der Waals surface area contributed by atoms with Crippen LogP contribution >= 0.6 is 0 Å². The molecule has 3 saturated heterocycles. The molecule has 8 aliphatic rings. The molecule has 0 aromatic rings. The Morgan fingerprint density at radius 2 is 1.38 bits per heavy atom. The molecule has 366 valence electrons. The summed E-state index contributed by atoms with van der Waals surface area (Å²) in [5, 5.41) is 109. The van der Waals surface area contributed by atoms with Crippen LogP contribution in [0, 0.1) is 50.2 Å². The average molecular weight is 913 g/mol. The number of allylic oxidation sites excluding steroid dienone is 2. The molecular formula is C47H76O17. The number of ether oxygens (including phenoxy) is 6. The molecule has 0 unspecified atom stereocenters. The fraction of sp³-hybridized carbons (Fsp3) is 0.936. The van der Waals surface area contributed by atoms with Gasteiger partial charge in [0.2, 0.25) is 0 Å². The second kappa shape index (κ2) is 16.9. The van der Waals surface area contributed by atoms with Gasteiger partial charge in [0.1, 0.15) is 54.9 Å². The highest BCUT2D eigenvalue weighted by Gasteiger charge is 2.70. The van der Waals surface area contributed by atoms with Gasteiger partial charge in [-0.3, -0.25) is 0 Å². The molecule has 64 heavy (non-hydrogen) atoms. The predicted octanol–water partition coefficient (Wildman–Crippen LogP) is 1.34. The summed E-state index contributed by atoms with van der Waals surface area (Å²) in [7, 11) is 0. The second-order valence-corrected chi connectivity index (χ2v) is 23.2. The number of aliphatic carboxylic acids is 1. The first-order valence-corrected chi connectivity index (χ1v) is 23.7. The molecule has 0 aromatic heterocycles. The lowest BCUT2D eigenvalue weighted by Gasteiger charge is -2.72. The third-order valence-corrected chi connectivity index (χ3v) is 19.1. The Bertz CT molecular complexity index is 1760. The van der Waals surface area contributed by atoms with E-state index in [1.54, 1.807) is 0 Å². The van der Waals surface area contributed by atoms with Crippen molar-refractivity contribution < 1.29 is 84.3 Å². The minimum atomic E-state index is -2.01. The highest BCUT2D eigenvalue weighted by atomic mass is 16.8. The number of hydrogen-bond acceptors (Lipinski definition) is 16. The maximum atomic E-state index is 12.4. The molecular weight excluding hydrogens is 837 g/mol. The molecule has 7 fully saturated rings. The lowest BCUT2D eigenvalue weighted by Crippen LogP contribution is -2.68. The van der Waals surface area contributed by atoms with E-state index in [2.05, 4.69) is 47.6 Å². The lowest BCUT2D eigenvalue weighted by molar-refractivity contribution is -0.387. The summed E-state index contributed by atoms with van der Waals surface area (Å²) in [6.45, 7) is 16.8. The monoisotopic (exact) mass is 913 g/mol. The minimum absolute atomic E-state index is 0.0286. The van der Waals surface area contributed by atoms with E-state index in [0.717, 1.165) is 44.9 Å². The van der Waals surface area contributed by atoms with Gasteiger partial charge in [0.25, 0.3) is 0 Å². The first kappa shape index (κ1) is 49.0. The summed E-state index contributed by atoms with van der Waals surface area (Å²) in [6.07, 6.45) is -14.5. The van der Waals surface area contributed by atoms with Crippen molar-refractivity contribution in [3.05, 3.63) is 11.6 Å². The molecule has 5 aliphatic carbocycles. The number of aliphatic hydroxyl groups excluding tert-OH is 9. The van der Waals surface area contributed by atoms with E-state index in [1.165, 1.54) is 12.5 Å². The number of fused-ring (bicyclic) bond motifs is 7. The largest absolute Gasteiger partial charge is 0.479 e. The molecule has 17 heteroatoms. The van der Waals surface area contributed by atoms with Crippen LogP contribution in [0.3, 0.4) is 0 Å². The number of carboxylic acids is 1. The van der Waals surface area contributed by atoms with Crippen molar-refractivity contribution in [2.24, 2.45) is 50.2 Å². The smallest absolute Gasteiger partial charge is 0.335 e. The number of hydrogen-bond donors (Lipinski definition) is 10. The summed E-state index contributed by atoms with van der Waals surface area (Å²) >= 11 is 0.